The molecule has 0 bridgehead atoms. The predicted molar refractivity (Wildman–Crippen MR) is 122 cm³/mol. The Bertz CT molecular complexity index is 809. The normalized spacial score (nSPS) is 26.1. The zero-order valence-electron chi connectivity index (χ0n) is 19.8. The highest BCUT2D eigenvalue weighted by Crippen LogP contribution is 2.36. The van der Waals surface area contributed by atoms with E-state index in [1.807, 2.05) is 0 Å². The quantitative estimate of drug-likeness (QED) is 0.209. The molecule has 0 radical (unpaired) electrons. The number of unbranched alkanes of at least 4 members (excludes halogenated alkanes) is 2. The Balaban J connectivity index is 1.42. The Labute approximate surface area is 198 Å². The van der Waals surface area contributed by atoms with Crippen molar-refractivity contribution >= 4 is 12.0 Å². The number of allylic oxidation sites excluding steroid dienone is 1. The molecule has 0 saturated heterocycles. The Hall–Kier alpha value is -1.92. The van der Waals surface area contributed by atoms with Crippen molar-refractivity contribution < 1.29 is 31.5 Å². The average molecular weight is 487 g/mol. The Morgan fingerprint density at radius 2 is 1.59 bits per heavy atom. The number of carbonyl (C=O) groups excluding carboxylic acids is 1. The largest absolute Gasteiger partial charge is 0.462 e. The monoisotopic (exact) mass is 486 g/mol. The summed E-state index contributed by atoms with van der Waals surface area (Å²) in [5.74, 6) is -2.44. The minimum atomic E-state index is -5.07. The van der Waals surface area contributed by atoms with E-state index in [2.05, 4.69) is 6.92 Å². The Morgan fingerprint density at radius 3 is 2.15 bits per heavy atom. The number of rotatable bonds is 8. The predicted octanol–water partition coefficient (Wildman–Crippen LogP) is 8.49. The number of alkyl halides is 3. The summed E-state index contributed by atoms with van der Waals surface area (Å²) >= 11 is 0. The van der Waals surface area contributed by atoms with Crippen molar-refractivity contribution in [1.29, 1.82) is 0 Å². The summed E-state index contributed by atoms with van der Waals surface area (Å²) in [5, 5.41) is 0. The number of carbonyl (C=O) groups is 1. The van der Waals surface area contributed by atoms with Gasteiger partial charge >= 0.3 is 12.1 Å². The summed E-state index contributed by atoms with van der Waals surface area (Å²) in [5.41, 5.74) is -1.81. The van der Waals surface area contributed by atoms with Gasteiger partial charge in [0.25, 0.3) is 0 Å². The number of esters is 1. The van der Waals surface area contributed by atoms with Crippen LogP contribution in [0.5, 0.6) is 0 Å². The minimum absolute atomic E-state index is 0.00417. The first-order chi connectivity index (χ1) is 16.2. The van der Waals surface area contributed by atoms with E-state index in [0.29, 0.717) is 25.0 Å². The van der Waals surface area contributed by atoms with Crippen LogP contribution in [0, 0.1) is 29.4 Å². The van der Waals surface area contributed by atoms with Gasteiger partial charge in [-0.1, -0.05) is 44.8 Å². The van der Waals surface area contributed by atoms with Crippen LogP contribution in [0.2, 0.25) is 0 Å². The van der Waals surface area contributed by atoms with Gasteiger partial charge in [-0.25, -0.2) is 8.78 Å². The van der Waals surface area contributed by atoms with E-state index in [4.69, 9.17) is 4.74 Å². The fraction of sp³-hybridized carbons (Fsp3) is 0.667. The second-order valence-electron chi connectivity index (χ2n) is 9.90. The first-order valence-electron chi connectivity index (χ1n) is 12.6. The summed E-state index contributed by atoms with van der Waals surface area (Å²) in [6.07, 6.45) is 10.1. The molecule has 2 fully saturated rings. The second kappa shape index (κ2) is 12.2. The zero-order valence-corrected chi connectivity index (χ0v) is 19.8. The van der Waals surface area contributed by atoms with Crippen LogP contribution in [0.15, 0.2) is 18.2 Å². The van der Waals surface area contributed by atoms with Gasteiger partial charge in [-0.05, 0) is 80.9 Å². The standard InChI is InChI=1S/C27H35F5O2/c1-2-3-4-5-18-8-12-21(13-9-18)26(33)34-22-14-10-19(11-15-22)6-7-20-16-23(28)25(24(29)17-20)27(30,31)32/h6-7,16-19,21-22H,2-5,8-15H2,1H3/b7-6+. The minimum Gasteiger partial charge on any atom is -0.462 e. The second-order valence-corrected chi connectivity index (χ2v) is 9.90. The van der Waals surface area contributed by atoms with Gasteiger partial charge in [-0.15, -0.1) is 0 Å². The number of halogens is 5. The van der Waals surface area contributed by atoms with E-state index < -0.39 is 23.4 Å². The molecule has 190 valence electrons. The van der Waals surface area contributed by atoms with Gasteiger partial charge in [0.2, 0.25) is 0 Å². The van der Waals surface area contributed by atoms with E-state index >= 15 is 0 Å². The molecule has 0 heterocycles. The summed E-state index contributed by atoms with van der Waals surface area (Å²) in [6.45, 7) is 2.21. The third kappa shape index (κ3) is 7.54. The number of hydrogen-bond acceptors (Lipinski definition) is 2. The summed E-state index contributed by atoms with van der Waals surface area (Å²) in [6, 6.07) is 1.41. The topological polar surface area (TPSA) is 26.3 Å². The molecule has 0 spiro atoms. The van der Waals surface area contributed by atoms with Crippen LogP contribution in [0.25, 0.3) is 6.08 Å². The molecule has 7 heteroatoms. The number of benzene rings is 1. The maximum atomic E-state index is 13.7. The van der Waals surface area contributed by atoms with Gasteiger partial charge in [0.1, 0.15) is 23.3 Å². The third-order valence-electron chi connectivity index (χ3n) is 7.31. The van der Waals surface area contributed by atoms with E-state index in [1.165, 1.54) is 31.8 Å². The molecule has 0 N–H and O–H groups in total. The molecule has 2 aliphatic carbocycles. The first kappa shape index (κ1) is 26.7. The average Bonchev–Trinajstić information content (AvgIpc) is 2.78. The molecule has 0 aromatic heterocycles. The van der Waals surface area contributed by atoms with Gasteiger partial charge in [-0.2, -0.15) is 13.2 Å². The lowest BCUT2D eigenvalue weighted by molar-refractivity contribution is -0.157. The molecule has 0 unspecified atom stereocenters. The number of ether oxygens (including phenoxy) is 1. The molecule has 34 heavy (non-hydrogen) atoms. The van der Waals surface area contributed by atoms with Gasteiger partial charge in [0.05, 0.1) is 5.92 Å². The van der Waals surface area contributed by atoms with Gasteiger partial charge < -0.3 is 4.74 Å². The van der Waals surface area contributed by atoms with Crippen LogP contribution in [0.3, 0.4) is 0 Å². The van der Waals surface area contributed by atoms with Gasteiger partial charge in [0.15, 0.2) is 0 Å². The van der Waals surface area contributed by atoms with E-state index in [-0.39, 0.29) is 29.5 Å². The molecule has 3 rings (SSSR count). The molecule has 1 aromatic carbocycles. The van der Waals surface area contributed by atoms with Crippen LogP contribution in [0.1, 0.15) is 95.1 Å². The van der Waals surface area contributed by atoms with E-state index in [1.54, 1.807) is 6.08 Å². The smallest absolute Gasteiger partial charge is 0.422 e. The first-order valence-corrected chi connectivity index (χ1v) is 12.6. The maximum Gasteiger partial charge on any atom is 0.422 e. The van der Waals surface area contributed by atoms with Crippen molar-refractivity contribution in [1.82, 2.24) is 0 Å². The van der Waals surface area contributed by atoms with Crippen molar-refractivity contribution in [3.05, 3.63) is 41.0 Å². The van der Waals surface area contributed by atoms with Crippen LogP contribution >= 0.6 is 0 Å². The molecular weight excluding hydrogens is 451 g/mol. The summed E-state index contributed by atoms with van der Waals surface area (Å²) in [7, 11) is 0. The lowest BCUT2D eigenvalue weighted by Crippen LogP contribution is -2.29. The summed E-state index contributed by atoms with van der Waals surface area (Å²) < 4.78 is 71.4. The van der Waals surface area contributed by atoms with E-state index in [9.17, 15) is 26.7 Å². The highest BCUT2D eigenvalue weighted by atomic mass is 19.4. The molecule has 0 aliphatic heterocycles. The number of hydrogen-bond donors (Lipinski definition) is 0. The highest BCUT2D eigenvalue weighted by molar-refractivity contribution is 5.72. The van der Waals surface area contributed by atoms with Crippen LogP contribution in [0.4, 0.5) is 22.0 Å². The van der Waals surface area contributed by atoms with Crippen molar-refractivity contribution in [3.63, 3.8) is 0 Å². The fourth-order valence-corrected chi connectivity index (χ4v) is 5.24. The van der Waals surface area contributed by atoms with Gasteiger partial charge in [0, 0.05) is 0 Å². The molecule has 0 atom stereocenters. The lowest BCUT2D eigenvalue weighted by atomic mass is 9.79. The lowest BCUT2D eigenvalue weighted by Gasteiger charge is -2.31. The fourth-order valence-electron chi connectivity index (χ4n) is 5.24. The van der Waals surface area contributed by atoms with Gasteiger partial charge in [-0.3, -0.25) is 4.79 Å². The Kier molecular flexibility index (Phi) is 9.55. The molecular formula is C27H35F5O2. The van der Waals surface area contributed by atoms with E-state index in [0.717, 1.165) is 44.4 Å². The molecule has 2 saturated carbocycles. The van der Waals surface area contributed by atoms with Crippen molar-refractivity contribution in [2.45, 2.75) is 96.3 Å². The Morgan fingerprint density at radius 1 is 0.971 bits per heavy atom. The van der Waals surface area contributed by atoms with Crippen LogP contribution in [-0.2, 0) is 15.7 Å². The molecule has 2 aliphatic rings. The maximum absolute atomic E-state index is 13.7. The van der Waals surface area contributed by atoms with Crippen molar-refractivity contribution in [2.24, 2.45) is 17.8 Å². The van der Waals surface area contributed by atoms with Crippen molar-refractivity contribution in [2.75, 3.05) is 0 Å². The van der Waals surface area contributed by atoms with Crippen LogP contribution < -0.4 is 0 Å². The third-order valence-corrected chi connectivity index (χ3v) is 7.31. The molecule has 0 amide bonds. The molecule has 2 nitrogen and oxygen atoms in total. The summed E-state index contributed by atoms with van der Waals surface area (Å²) in [4.78, 5) is 12.6. The molecule has 1 aromatic rings. The van der Waals surface area contributed by atoms with Crippen molar-refractivity contribution in [3.8, 4) is 0 Å². The SMILES string of the molecule is CCCCCC1CCC(C(=O)OC2CCC(/C=C/c3cc(F)c(C(F)(F)F)c(F)c3)CC2)CC1. The highest BCUT2D eigenvalue weighted by Gasteiger charge is 2.37. The zero-order chi connectivity index (χ0) is 24.7. The van der Waals surface area contributed by atoms with Crippen LogP contribution in [-0.4, -0.2) is 12.1 Å².